The Balaban J connectivity index is 1.58. The van der Waals surface area contributed by atoms with Crippen molar-refractivity contribution in [1.82, 2.24) is 4.98 Å². The number of hydrogen-bond donors (Lipinski definition) is 2. The predicted molar refractivity (Wildman–Crippen MR) is 115 cm³/mol. The summed E-state index contributed by atoms with van der Waals surface area (Å²) < 4.78 is 31.4. The van der Waals surface area contributed by atoms with Crippen LogP contribution >= 0.6 is 11.3 Å². The molecule has 166 valence electrons. The molecule has 0 aliphatic carbocycles. The first-order chi connectivity index (χ1) is 15.3. The number of pyridine rings is 1. The molecule has 0 saturated heterocycles. The number of methoxy groups -OCH3 is 1. The number of nitrogens with one attached hydrogen (secondary N) is 1. The van der Waals surface area contributed by atoms with Crippen molar-refractivity contribution in [2.24, 2.45) is 10.9 Å². The lowest BCUT2D eigenvalue weighted by Crippen LogP contribution is -2.29. The molecule has 3 aromatic rings. The average Bonchev–Trinajstić information content (AvgIpc) is 3.39. The van der Waals surface area contributed by atoms with Gasteiger partial charge in [-0.2, -0.15) is 0 Å². The molecule has 0 fully saturated rings. The van der Waals surface area contributed by atoms with Gasteiger partial charge in [-0.25, -0.2) is 13.8 Å². The van der Waals surface area contributed by atoms with E-state index in [4.69, 9.17) is 15.3 Å². The number of oxime groups is 1. The molecule has 1 aromatic carbocycles. The van der Waals surface area contributed by atoms with Crippen LogP contribution in [0.25, 0.3) is 10.2 Å². The predicted octanol–water partition coefficient (Wildman–Crippen LogP) is 3.78. The van der Waals surface area contributed by atoms with E-state index in [1.165, 1.54) is 6.07 Å². The highest BCUT2D eigenvalue weighted by molar-refractivity contribution is 7.21. The van der Waals surface area contributed by atoms with Crippen LogP contribution in [0.1, 0.15) is 39.3 Å². The minimum absolute atomic E-state index is 0.0182. The van der Waals surface area contributed by atoms with Gasteiger partial charge < -0.3 is 20.6 Å². The van der Waals surface area contributed by atoms with E-state index in [1.807, 2.05) is 0 Å². The van der Waals surface area contributed by atoms with Gasteiger partial charge >= 0.3 is 0 Å². The Kier molecular flexibility index (Phi) is 5.74. The molecule has 1 atom stereocenters. The highest BCUT2D eigenvalue weighted by atomic mass is 32.1. The number of ether oxygens (including phenoxy) is 1. The first-order valence-corrected chi connectivity index (χ1v) is 10.3. The van der Waals surface area contributed by atoms with Crippen LogP contribution in [0, 0.1) is 6.92 Å². The third kappa shape index (κ3) is 3.98. The van der Waals surface area contributed by atoms with Crippen LogP contribution in [0.5, 0.6) is 5.75 Å². The molecule has 0 bridgehead atoms. The fourth-order valence-electron chi connectivity index (χ4n) is 3.39. The van der Waals surface area contributed by atoms with Gasteiger partial charge in [0, 0.05) is 11.8 Å². The van der Waals surface area contributed by atoms with Gasteiger partial charge in [-0.15, -0.1) is 11.3 Å². The molecule has 4 rings (SSSR count). The molecule has 1 unspecified atom stereocenters. The first kappa shape index (κ1) is 21.6. The van der Waals surface area contributed by atoms with Crippen molar-refractivity contribution in [2.75, 3.05) is 12.4 Å². The molecule has 32 heavy (non-hydrogen) atoms. The number of aryl methyl sites for hydroxylation is 1. The molecule has 2 amide bonds. The molecule has 11 heteroatoms. The fraction of sp³-hybridized carbons (Fsp3) is 0.238. The first-order valence-electron chi connectivity index (χ1n) is 9.48. The maximum Gasteiger partial charge on any atom is 0.280 e. The third-order valence-electron chi connectivity index (χ3n) is 4.96. The summed E-state index contributed by atoms with van der Waals surface area (Å²) in [6, 6.07) is 8.36. The number of nitrogens with two attached hydrogens (primary N) is 1. The summed E-state index contributed by atoms with van der Waals surface area (Å²) in [7, 11) is 1.56. The van der Waals surface area contributed by atoms with Crippen LogP contribution in [0.15, 0.2) is 35.5 Å². The molecule has 2 aromatic heterocycles. The van der Waals surface area contributed by atoms with Gasteiger partial charge in [0.1, 0.15) is 21.2 Å². The van der Waals surface area contributed by atoms with E-state index in [2.05, 4.69) is 15.5 Å². The number of alkyl halides is 2. The van der Waals surface area contributed by atoms with E-state index in [0.29, 0.717) is 22.4 Å². The third-order valence-corrected chi connectivity index (χ3v) is 6.06. The average molecular weight is 460 g/mol. The lowest BCUT2D eigenvalue weighted by molar-refractivity contribution is -0.125. The monoisotopic (exact) mass is 460 g/mol. The Morgan fingerprint density at radius 3 is 2.66 bits per heavy atom. The second-order valence-corrected chi connectivity index (χ2v) is 8.07. The Hall–Kier alpha value is -3.60. The zero-order valence-electron chi connectivity index (χ0n) is 17.0. The van der Waals surface area contributed by atoms with Crippen molar-refractivity contribution < 1.29 is 27.9 Å². The van der Waals surface area contributed by atoms with Gasteiger partial charge in [0.2, 0.25) is 6.10 Å². The number of nitrogens with zero attached hydrogens (tertiary/aromatic N) is 2. The summed E-state index contributed by atoms with van der Waals surface area (Å²) >= 11 is 0.848. The lowest BCUT2D eigenvalue weighted by Gasteiger charge is -2.11. The number of carbonyl (C=O) groups is 2. The van der Waals surface area contributed by atoms with Crippen molar-refractivity contribution in [3.63, 3.8) is 0 Å². The number of thiophene rings is 1. The van der Waals surface area contributed by atoms with Crippen LogP contribution in [0.3, 0.4) is 0 Å². The standard InChI is InChI=1S/C21H18F2N4O4S/c1-9-7-13(18(22)23)25-21-15(9)16(17(32-21)19(24)28)26-20(29)14-8-12(27-31-14)10-3-5-11(30-2)6-4-10/h3-7,14,18H,8H2,1-2H3,(H2,24,28)(H,26,29). The highest BCUT2D eigenvalue weighted by Gasteiger charge is 2.31. The van der Waals surface area contributed by atoms with E-state index in [0.717, 1.165) is 16.9 Å². The van der Waals surface area contributed by atoms with Crippen LogP contribution < -0.4 is 15.8 Å². The summed E-state index contributed by atoms with van der Waals surface area (Å²) in [5, 5.41) is 7.04. The van der Waals surface area contributed by atoms with Crippen molar-refractivity contribution in [1.29, 1.82) is 0 Å². The number of rotatable bonds is 6. The second kappa shape index (κ2) is 8.50. The Morgan fingerprint density at radius 2 is 2.03 bits per heavy atom. The molecule has 1 aliphatic rings. The Morgan fingerprint density at radius 1 is 1.31 bits per heavy atom. The molecular weight excluding hydrogens is 442 g/mol. The summed E-state index contributed by atoms with van der Waals surface area (Å²) in [4.78, 5) is 34.3. The van der Waals surface area contributed by atoms with E-state index >= 15 is 0 Å². The lowest BCUT2D eigenvalue weighted by atomic mass is 10.0. The summed E-state index contributed by atoms with van der Waals surface area (Å²) in [6.07, 6.45) is -3.49. The smallest absolute Gasteiger partial charge is 0.280 e. The molecule has 0 spiro atoms. The van der Waals surface area contributed by atoms with E-state index in [9.17, 15) is 18.4 Å². The Bertz CT molecular complexity index is 1240. The molecule has 3 heterocycles. The maximum absolute atomic E-state index is 13.1. The van der Waals surface area contributed by atoms with Gasteiger partial charge in [-0.05, 0) is 48.4 Å². The highest BCUT2D eigenvalue weighted by Crippen LogP contribution is 2.38. The van der Waals surface area contributed by atoms with Crippen LogP contribution in [-0.2, 0) is 9.63 Å². The molecule has 0 radical (unpaired) electrons. The SMILES string of the molecule is COc1ccc(C2=NOC(C(=O)Nc3c(C(N)=O)sc4nc(C(F)F)cc(C)c34)C2)cc1. The normalized spacial score (nSPS) is 15.5. The van der Waals surface area contributed by atoms with Gasteiger partial charge in [-0.3, -0.25) is 9.59 Å². The van der Waals surface area contributed by atoms with E-state index in [-0.39, 0.29) is 21.8 Å². The van der Waals surface area contributed by atoms with Gasteiger partial charge in [0.15, 0.2) is 0 Å². The van der Waals surface area contributed by atoms with Crippen LogP contribution in [-0.4, -0.2) is 35.7 Å². The van der Waals surface area contributed by atoms with Gasteiger partial charge in [0.25, 0.3) is 18.2 Å². The number of benzene rings is 1. The van der Waals surface area contributed by atoms with Crippen molar-refractivity contribution >= 4 is 44.8 Å². The minimum atomic E-state index is -2.77. The molecule has 8 nitrogen and oxygen atoms in total. The zero-order valence-corrected chi connectivity index (χ0v) is 17.8. The van der Waals surface area contributed by atoms with Crippen molar-refractivity contribution in [3.05, 3.63) is 52.0 Å². The van der Waals surface area contributed by atoms with E-state index < -0.39 is 30.0 Å². The number of carbonyl (C=O) groups excluding carboxylic acids is 2. The number of aromatic nitrogens is 1. The summed E-state index contributed by atoms with van der Waals surface area (Å²) in [5.41, 5.74) is 6.97. The van der Waals surface area contributed by atoms with Crippen molar-refractivity contribution in [2.45, 2.75) is 25.9 Å². The van der Waals surface area contributed by atoms with Gasteiger partial charge in [0.05, 0.1) is 18.5 Å². The van der Waals surface area contributed by atoms with E-state index in [1.54, 1.807) is 38.3 Å². The molecule has 0 saturated carbocycles. The Labute approximate surface area is 185 Å². The number of amides is 2. The largest absolute Gasteiger partial charge is 0.497 e. The number of fused-ring (bicyclic) bond motifs is 1. The molecular formula is C21H18F2N4O4S. The number of hydrogen-bond acceptors (Lipinski definition) is 7. The van der Waals surface area contributed by atoms with Crippen molar-refractivity contribution in [3.8, 4) is 5.75 Å². The second-order valence-electron chi connectivity index (χ2n) is 7.07. The number of halogens is 2. The summed E-state index contributed by atoms with van der Waals surface area (Å²) in [6.45, 7) is 1.60. The quantitative estimate of drug-likeness (QED) is 0.581. The maximum atomic E-state index is 13.1. The van der Waals surface area contributed by atoms with Gasteiger partial charge in [-0.1, -0.05) is 5.16 Å². The molecule has 3 N–H and O–H groups in total. The molecule has 1 aliphatic heterocycles. The topological polar surface area (TPSA) is 116 Å². The number of primary amides is 1. The van der Waals surface area contributed by atoms with Crippen LogP contribution in [0.4, 0.5) is 14.5 Å². The minimum Gasteiger partial charge on any atom is -0.497 e. The fourth-order valence-corrected chi connectivity index (χ4v) is 4.45. The van der Waals surface area contributed by atoms with Crippen LogP contribution in [0.2, 0.25) is 0 Å². The summed E-state index contributed by atoms with van der Waals surface area (Å²) in [5.74, 6) is -0.662. The zero-order chi connectivity index (χ0) is 23.0. The number of anilines is 1.